The SMILES string of the molecule is Nc1ccc([N+](=O)[O-])c(NCC2(CCO)CC2)n1. The summed E-state index contributed by atoms with van der Waals surface area (Å²) in [4.78, 5) is 14.3. The second-order valence-corrected chi connectivity index (χ2v) is 4.69. The van der Waals surface area contributed by atoms with Crippen LogP contribution < -0.4 is 11.1 Å². The van der Waals surface area contributed by atoms with Gasteiger partial charge in [-0.05, 0) is 30.7 Å². The van der Waals surface area contributed by atoms with Gasteiger partial charge in [0.25, 0.3) is 0 Å². The Balaban J connectivity index is 2.08. The number of nitrogens with two attached hydrogens (primary N) is 1. The van der Waals surface area contributed by atoms with Crippen LogP contribution in [0.4, 0.5) is 17.3 Å². The molecule has 7 heteroatoms. The fourth-order valence-corrected chi connectivity index (χ4v) is 1.94. The molecule has 4 N–H and O–H groups in total. The van der Waals surface area contributed by atoms with Gasteiger partial charge in [0, 0.05) is 19.2 Å². The molecule has 2 rings (SSSR count). The third kappa shape index (κ3) is 2.67. The number of nitrogens with one attached hydrogen (secondary N) is 1. The van der Waals surface area contributed by atoms with Gasteiger partial charge in [-0.15, -0.1) is 0 Å². The molecule has 18 heavy (non-hydrogen) atoms. The number of nitrogens with zero attached hydrogens (tertiary/aromatic N) is 2. The molecular formula is C11H16N4O3. The molecule has 0 spiro atoms. The van der Waals surface area contributed by atoms with Crippen LogP contribution in [-0.4, -0.2) is 28.2 Å². The van der Waals surface area contributed by atoms with E-state index >= 15 is 0 Å². The summed E-state index contributed by atoms with van der Waals surface area (Å²) in [5.41, 5.74) is 5.51. The highest BCUT2D eigenvalue weighted by Gasteiger charge is 2.41. The molecule has 1 aliphatic rings. The van der Waals surface area contributed by atoms with E-state index in [0.29, 0.717) is 13.0 Å². The van der Waals surface area contributed by atoms with Gasteiger partial charge in [0.15, 0.2) is 0 Å². The van der Waals surface area contributed by atoms with Crippen molar-refractivity contribution in [2.24, 2.45) is 5.41 Å². The zero-order valence-electron chi connectivity index (χ0n) is 9.93. The molecule has 0 amide bonds. The fraction of sp³-hybridized carbons (Fsp3) is 0.545. The molecule has 98 valence electrons. The summed E-state index contributed by atoms with van der Waals surface area (Å²) in [5, 5.41) is 22.8. The van der Waals surface area contributed by atoms with Crippen molar-refractivity contribution >= 4 is 17.3 Å². The van der Waals surface area contributed by atoms with Gasteiger partial charge in [-0.3, -0.25) is 10.1 Å². The van der Waals surface area contributed by atoms with Crippen LogP contribution in [0.2, 0.25) is 0 Å². The molecule has 7 nitrogen and oxygen atoms in total. The Kier molecular flexibility index (Phi) is 3.33. The normalized spacial score (nSPS) is 16.3. The summed E-state index contributed by atoms with van der Waals surface area (Å²) < 4.78 is 0. The lowest BCUT2D eigenvalue weighted by molar-refractivity contribution is -0.384. The summed E-state index contributed by atoms with van der Waals surface area (Å²) >= 11 is 0. The minimum absolute atomic E-state index is 0.0644. The maximum absolute atomic E-state index is 10.8. The molecule has 0 saturated heterocycles. The second-order valence-electron chi connectivity index (χ2n) is 4.69. The minimum atomic E-state index is -0.486. The Morgan fingerprint density at radius 1 is 1.56 bits per heavy atom. The number of nitrogen functional groups attached to an aromatic ring is 1. The van der Waals surface area contributed by atoms with Crippen molar-refractivity contribution in [3.05, 3.63) is 22.2 Å². The van der Waals surface area contributed by atoms with Crippen molar-refractivity contribution in [1.29, 1.82) is 0 Å². The average molecular weight is 252 g/mol. The molecule has 0 aliphatic heterocycles. The molecule has 0 radical (unpaired) electrons. The van der Waals surface area contributed by atoms with Gasteiger partial charge >= 0.3 is 5.69 Å². The van der Waals surface area contributed by atoms with Crippen LogP contribution in [0.15, 0.2) is 12.1 Å². The van der Waals surface area contributed by atoms with Crippen LogP contribution in [0, 0.1) is 15.5 Å². The topological polar surface area (TPSA) is 114 Å². The number of rotatable bonds is 6. The summed E-state index contributed by atoms with van der Waals surface area (Å²) in [7, 11) is 0. The van der Waals surface area contributed by atoms with Crippen molar-refractivity contribution in [3.63, 3.8) is 0 Å². The van der Waals surface area contributed by atoms with Crippen LogP contribution in [0.1, 0.15) is 19.3 Å². The second kappa shape index (κ2) is 4.77. The minimum Gasteiger partial charge on any atom is -0.396 e. The van der Waals surface area contributed by atoms with Crippen molar-refractivity contribution in [2.45, 2.75) is 19.3 Å². The summed E-state index contributed by atoms with van der Waals surface area (Å²) in [5.74, 6) is 0.444. The Labute approximate surface area is 104 Å². The number of hydrogen-bond donors (Lipinski definition) is 3. The molecule has 1 aromatic rings. The first-order valence-corrected chi connectivity index (χ1v) is 5.82. The van der Waals surface area contributed by atoms with E-state index in [9.17, 15) is 10.1 Å². The fourth-order valence-electron chi connectivity index (χ4n) is 1.94. The van der Waals surface area contributed by atoms with Crippen LogP contribution in [-0.2, 0) is 0 Å². The van der Waals surface area contributed by atoms with E-state index < -0.39 is 4.92 Å². The average Bonchev–Trinajstić information content (AvgIpc) is 3.07. The molecule has 1 fully saturated rings. The number of anilines is 2. The Morgan fingerprint density at radius 2 is 2.28 bits per heavy atom. The maximum Gasteiger partial charge on any atom is 0.311 e. The molecular weight excluding hydrogens is 236 g/mol. The molecule has 0 bridgehead atoms. The third-order valence-electron chi connectivity index (χ3n) is 3.32. The first-order chi connectivity index (χ1) is 8.56. The predicted octanol–water partition coefficient (Wildman–Crippen LogP) is 1.15. The lowest BCUT2D eigenvalue weighted by Gasteiger charge is -2.15. The molecule has 1 heterocycles. The molecule has 0 atom stereocenters. The summed E-state index contributed by atoms with van der Waals surface area (Å²) in [6, 6.07) is 2.75. The predicted molar refractivity (Wildman–Crippen MR) is 67.2 cm³/mol. The van der Waals surface area contributed by atoms with Gasteiger partial charge in [0.2, 0.25) is 5.82 Å². The summed E-state index contributed by atoms with van der Waals surface area (Å²) in [6.45, 7) is 0.707. The Morgan fingerprint density at radius 3 is 2.83 bits per heavy atom. The van der Waals surface area contributed by atoms with Gasteiger partial charge in [-0.1, -0.05) is 0 Å². The van der Waals surface area contributed by atoms with E-state index in [4.69, 9.17) is 10.8 Å². The van der Waals surface area contributed by atoms with Crippen LogP contribution in [0.5, 0.6) is 0 Å². The zero-order chi connectivity index (χ0) is 13.2. The number of pyridine rings is 1. The van der Waals surface area contributed by atoms with Gasteiger partial charge in [-0.2, -0.15) is 0 Å². The standard InChI is InChI=1S/C11H16N4O3/c12-9-2-1-8(15(17)18)10(14-9)13-7-11(3-4-11)5-6-16/h1-2,16H,3-7H2,(H3,12,13,14). The molecule has 1 saturated carbocycles. The first kappa shape index (κ1) is 12.6. The van der Waals surface area contributed by atoms with E-state index in [0.717, 1.165) is 12.8 Å². The van der Waals surface area contributed by atoms with E-state index in [2.05, 4.69) is 10.3 Å². The van der Waals surface area contributed by atoms with Crippen LogP contribution in [0.3, 0.4) is 0 Å². The van der Waals surface area contributed by atoms with Gasteiger partial charge in [-0.25, -0.2) is 4.98 Å². The molecule has 0 unspecified atom stereocenters. The molecule has 0 aromatic carbocycles. The number of aromatic nitrogens is 1. The number of aliphatic hydroxyl groups excluding tert-OH is 1. The van der Waals surface area contributed by atoms with Gasteiger partial charge in [0.05, 0.1) is 4.92 Å². The highest BCUT2D eigenvalue weighted by molar-refractivity contribution is 5.59. The van der Waals surface area contributed by atoms with Crippen LogP contribution >= 0.6 is 0 Å². The van der Waals surface area contributed by atoms with E-state index in [1.165, 1.54) is 12.1 Å². The number of nitro groups is 1. The van der Waals surface area contributed by atoms with Crippen molar-refractivity contribution in [2.75, 3.05) is 24.2 Å². The number of aliphatic hydroxyl groups is 1. The lowest BCUT2D eigenvalue weighted by atomic mass is 10.0. The lowest BCUT2D eigenvalue weighted by Crippen LogP contribution is -2.18. The van der Waals surface area contributed by atoms with E-state index in [-0.39, 0.29) is 29.3 Å². The first-order valence-electron chi connectivity index (χ1n) is 5.82. The summed E-state index contributed by atoms with van der Waals surface area (Å²) in [6.07, 6.45) is 2.75. The largest absolute Gasteiger partial charge is 0.396 e. The Hall–Kier alpha value is -1.89. The smallest absolute Gasteiger partial charge is 0.311 e. The van der Waals surface area contributed by atoms with E-state index in [1.54, 1.807) is 0 Å². The van der Waals surface area contributed by atoms with E-state index in [1.807, 2.05) is 0 Å². The van der Waals surface area contributed by atoms with Crippen LogP contribution in [0.25, 0.3) is 0 Å². The van der Waals surface area contributed by atoms with Gasteiger partial charge < -0.3 is 16.2 Å². The van der Waals surface area contributed by atoms with Gasteiger partial charge in [0.1, 0.15) is 5.82 Å². The number of hydrogen-bond acceptors (Lipinski definition) is 6. The monoisotopic (exact) mass is 252 g/mol. The van der Waals surface area contributed by atoms with Crippen molar-refractivity contribution in [3.8, 4) is 0 Å². The van der Waals surface area contributed by atoms with Crippen molar-refractivity contribution in [1.82, 2.24) is 4.98 Å². The molecule has 1 aliphatic carbocycles. The highest BCUT2D eigenvalue weighted by atomic mass is 16.6. The maximum atomic E-state index is 10.8. The quantitative estimate of drug-likeness (QED) is 0.516. The molecule has 1 aromatic heterocycles. The van der Waals surface area contributed by atoms with Crippen molar-refractivity contribution < 1.29 is 10.0 Å². The third-order valence-corrected chi connectivity index (χ3v) is 3.32. The zero-order valence-corrected chi connectivity index (χ0v) is 9.93. The Bertz CT molecular complexity index is 460. The highest BCUT2D eigenvalue weighted by Crippen LogP contribution is 2.48.